The monoisotopic (exact) mass is 449 g/mol. The number of nitrogens with zero attached hydrogens (tertiary/aromatic N) is 5. The molecular formula is C22H19N5O2S2. The molecule has 0 fully saturated rings. The molecular weight excluding hydrogens is 430 g/mol. The average Bonchev–Trinajstić information content (AvgIpc) is 3.48. The number of carbonyl (C=O) groups excluding carboxylic acids is 1. The Hall–Kier alpha value is -3.22. The van der Waals surface area contributed by atoms with Gasteiger partial charge in [0.05, 0.1) is 30.2 Å². The lowest BCUT2D eigenvalue weighted by Crippen LogP contribution is -2.14. The van der Waals surface area contributed by atoms with Gasteiger partial charge in [0.2, 0.25) is 0 Å². The Morgan fingerprint density at radius 1 is 1.26 bits per heavy atom. The van der Waals surface area contributed by atoms with Gasteiger partial charge in [-0.2, -0.15) is 5.26 Å². The number of thioether (sulfide) groups is 1. The van der Waals surface area contributed by atoms with Crippen LogP contribution >= 0.6 is 23.1 Å². The molecule has 0 N–H and O–H groups in total. The lowest BCUT2D eigenvalue weighted by Gasteiger charge is -2.10. The molecule has 0 aliphatic rings. The van der Waals surface area contributed by atoms with E-state index in [0.717, 1.165) is 22.6 Å². The van der Waals surface area contributed by atoms with Gasteiger partial charge in [-0.05, 0) is 25.5 Å². The second-order valence-corrected chi connectivity index (χ2v) is 8.74. The van der Waals surface area contributed by atoms with Crippen LogP contribution in [-0.2, 0) is 11.3 Å². The van der Waals surface area contributed by atoms with Gasteiger partial charge in [0, 0.05) is 11.1 Å². The second-order valence-electron chi connectivity index (χ2n) is 6.91. The van der Waals surface area contributed by atoms with Crippen molar-refractivity contribution >= 4 is 28.9 Å². The van der Waals surface area contributed by atoms with E-state index < -0.39 is 5.92 Å². The van der Waals surface area contributed by atoms with E-state index in [1.54, 1.807) is 6.26 Å². The Morgan fingerprint density at radius 2 is 2.06 bits per heavy atom. The summed E-state index contributed by atoms with van der Waals surface area (Å²) < 4.78 is 7.42. The van der Waals surface area contributed by atoms with Gasteiger partial charge >= 0.3 is 0 Å². The summed E-state index contributed by atoms with van der Waals surface area (Å²) in [5.74, 6) is 0.466. The van der Waals surface area contributed by atoms with Crippen molar-refractivity contribution in [3.05, 3.63) is 70.1 Å². The Morgan fingerprint density at radius 3 is 2.71 bits per heavy atom. The zero-order chi connectivity index (χ0) is 21.8. The van der Waals surface area contributed by atoms with Crippen molar-refractivity contribution in [3.8, 4) is 17.5 Å². The van der Waals surface area contributed by atoms with Crippen LogP contribution < -0.4 is 0 Å². The zero-order valence-electron chi connectivity index (χ0n) is 17.0. The van der Waals surface area contributed by atoms with Crippen LogP contribution in [0.5, 0.6) is 0 Å². The molecule has 3 heterocycles. The Kier molecular flexibility index (Phi) is 6.30. The number of hydrogen-bond acceptors (Lipinski definition) is 8. The smallest absolute Gasteiger partial charge is 0.192 e. The summed E-state index contributed by atoms with van der Waals surface area (Å²) in [6, 6.07) is 13.9. The van der Waals surface area contributed by atoms with Gasteiger partial charge in [-0.3, -0.25) is 9.36 Å². The van der Waals surface area contributed by atoms with Crippen molar-refractivity contribution in [1.82, 2.24) is 19.7 Å². The van der Waals surface area contributed by atoms with E-state index in [2.05, 4.69) is 21.3 Å². The van der Waals surface area contributed by atoms with Crippen molar-refractivity contribution in [2.75, 3.05) is 5.75 Å². The number of thiazole rings is 1. The van der Waals surface area contributed by atoms with E-state index in [0.29, 0.717) is 22.5 Å². The molecule has 9 heteroatoms. The van der Waals surface area contributed by atoms with Crippen LogP contribution in [0.2, 0.25) is 0 Å². The Balaban J connectivity index is 1.59. The molecule has 0 radical (unpaired) electrons. The molecule has 0 amide bonds. The minimum Gasteiger partial charge on any atom is -0.469 e. The number of nitriles is 1. The summed E-state index contributed by atoms with van der Waals surface area (Å²) in [6.07, 6.45) is 1.62. The molecule has 1 atom stereocenters. The fourth-order valence-corrected chi connectivity index (χ4v) is 4.81. The molecule has 4 rings (SSSR count). The van der Waals surface area contributed by atoms with Crippen LogP contribution in [0.1, 0.15) is 27.9 Å². The number of hydrogen-bond donors (Lipinski definition) is 0. The summed E-state index contributed by atoms with van der Waals surface area (Å²) in [6.45, 7) is 4.28. The SMILES string of the molecule is Cc1csc([C@H](C#N)C(=O)CSc2nnc(-c3ccoc3C)n2Cc2ccccc2)n1. The number of aryl methyl sites for hydroxylation is 2. The van der Waals surface area contributed by atoms with Gasteiger partial charge < -0.3 is 4.42 Å². The van der Waals surface area contributed by atoms with Crippen LogP contribution in [0, 0.1) is 25.2 Å². The number of aromatic nitrogens is 4. The van der Waals surface area contributed by atoms with Gasteiger partial charge in [-0.15, -0.1) is 21.5 Å². The minimum atomic E-state index is -0.868. The predicted molar refractivity (Wildman–Crippen MR) is 119 cm³/mol. The van der Waals surface area contributed by atoms with E-state index in [4.69, 9.17) is 4.42 Å². The van der Waals surface area contributed by atoms with Gasteiger partial charge in [0.1, 0.15) is 10.8 Å². The lowest BCUT2D eigenvalue weighted by atomic mass is 10.1. The van der Waals surface area contributed by atoms with Gasteiger partial charge in [-0.1, -0.05) is 42.1 Å². The van der Waals surface area contributed by atoms with Crippen LogP contribution in [0.25, 0.3) is 11.4 Å². The molecule has 0 spiro atoms. The fourth-order valence-electron chi connectivity index (χ4n) is 3.11. The topological polar surface area (TPSA) is 97.6 Å². The third kappa shape index (κ3) is 4.60. The molecule has 156 valence electrons. The van der Waals surface area contributed by atoms with Crippen molar-refractivity contribution < 1.29 is 9.21 Å². The number of rotatable bonds is 8. The molecule has 0 saturated carbocycles. The summed E-state index contributed by atoms with van der Waals surface area (Å²) in [5.41, 5.74) is 2.75. The van der Waals surface area contributed by atoms with E-state index >= 15 is 0 Å². The largest absolute Gasteiger partial charge is 0.469 e. The van der Waals surface area contributed by atoms with Gasteiger partial charge in [-0.25, -0.2) is 4.98 Å². The maximum Gasteiger partial charge on any atom is 0.192 e. The summed E-state index contributed by atoms with van der Waals surface area (Å²) in [4.78, 5) is 17.1. The second kappa shape index (κ2) is 9.29. The third-order valence-electron chi connectivity index (χ3n) is 4.68. The standard InChI is InChI=1S/C22H19N5O2S2/c1-14-12-30-21(24-14)18(10-23)19(28)13-31-22-26-25-20(17-8-9-29-15(17)2)27(22)11-16-6-4-3-5-7-16/h3-9,12,18H,11,13H2,1-2H3/t18-/m1/s1. The van der Waals surface area contributed by atoms with E-state index in [1.807, 2.05) is 60.2 Å². The first-order valence-electron chi connectivity index (χ1n) is 9.55. The predicted octanol–water partition coefficient (Wildman–Crippen LogP) is 4.63. The lowest BCUT2D eigenvalue weighted by molar-refractivity contribution is -0.116. The first-order valence-corrected chi connectivity index (χ1v) is 11.4. The first-order chi connectivity index (χ1) is 15.1. The van der Waals surface area contributed by atoms with Crippen LogP contribution in [0.4, 0.5) is 0 Å². The maximum absolute atomic E-state index is 12.8. The summed E-state index contributed by atoms with van der Waals surface area (Å²) in [5, 5.41) is 21.2. The average molecular weight is 450 g/mol. The molecule has 0 aliphatic carbocycles. The number of carbonyl (C=O) groups is 1. The number of ketones is 1. The quantitative estimate of drug-likeness (QED) is 0.362. The van der Waals surface area contributed by atoms with E-state index in [1.165, 1.54) is 23.1 Å². The van der Waals surface area contributed by atoms with Crippen molar-refractivity contribution in [2.45, 2.75) is 31.5 Å². The first kappa shape index (κ1) is 21.0. The summed E-state index contributed by atoms with van der Waals surface area (Å²) >= 11 is 2.61. The van der Waals surface area contributed by atoms with Crippen molar-refractivity contribution in [1.29, 1.82) is 5.26 Å². The Bertz CT molecular complexity index is 1240. The maximum atomic E-state index is 12.8. The molecule has 1 aromatic carbocycles. The van der Waals surface area contributed by atoms with E-state index in [-0.39, 0.29) is 11.5 Å². The zero-order valence-corrected chi connectivity index (χ0v) is 18.6. The minimum absolute atomic E-state index is 0.105. The highest BCUT2D eigenvalue weighted by Gasteiger charge is 2.25. The fraction of sp³-hybridized carbons (Fsp3) is 0.227. The third-order valence-corrected chi connectivity index (χ3v) is 6.69. The van der Waals surface area contributed by atoms with Gasteiger partial charge in [0.25, 0.3) is 0 Å². The van der Waals surface area contributed by atoms with Crippen LogP contribution in [-0.4, -0.2) is 31.3 Å². The van der Waals surface area contributed by atoms with Crippen LogP contribution in [0.15, 0.2) is 57.6 Å². The molecule has 0 unspecified atom stereocenters. The molecule has 31 heavy (non-hydrogen) atoms. The highest BCUT2D eigenvalue weighted by atomic mass is 32.2. The van der Waals surface area contributed by atoms with E-state index in [9.17, 15) is 10.1 Å². The molecule has 3 aromatic heterocycles. The van der Waals surface area contributed by atoms with Crippen molar-refractivity contribution in [2.24, 2.45) is 0 Å². The number of Topliss-reactive ketones (excluding diaryl/α,β-unsaturated/α-hetero) is 1. The van der Waals surface area contributed by atoms with Crippen molar-refractivity contribution in [3.63, 3.8) is 0 Å². The Labute approximate surface area is 187 Å². The number of benzene rings is 1. The molecule has 4 aromatic rings. The molecule has 0 aliphatic heterocycles. The number of furan rings is 1. The summed E-state index contributed by atoms with van der Waals surface area (Å²) in [7, 11) is 0. The molecule has 0 bridgehead atoms. The van der Waals surface area contributed by atoms with Gasteiger partial charge in [0.15, 0.2) is 22.7 Å². The normalized spacial score (nSPS) is 11.9. The van der Waals surface area contributed by atoms with Crippen LogP contribution in [0.3, 0.4) is 0 Å². The highest BCUT2D eigenvalue weighted by Crippen LogP contribution is 2.29. The highest BCUT2D eigenvalue weighted by molar-refractivity contribution is 7.99. The molecule has 7 nitrogen and oxygen atoms in total. The molecule has 0 saturated heterocycles.